The summed E-state index contributed by atoms with van der Waals surface area (Å²) in [7, 11) is 0. The molecule has 0 saturated heterocycles. The lowest BCUT2D eigenvalue weighted by molar-refractivity contribution is 0.0669. The van der Waals surface area contributed by atoms with Gasteiger partial charge >= 0.3 is 5.97 Å². The van der Waals surface area contributed by atoms with Crippen LogP contribution in [0.25, 0.3) is 5.69 Å². The Hall–Kier alpha value is -2.14. The van der Waals surface area contributed by atoms with Gasteiger partial charge in [0.25, 0.3) is 0 Å². The molecule has 5 heteroatoms. The van der Waals surface area contributed by atoms with Gasteiger partial charge < -0.3 is 10.2 Å². The molecule has 1 heterocycles. The molecule has 1 unspecified atom stereocenters. The van der Waals surface area contributed by atoms with Gasteiger partial charge in [-0.3, -0.25) is 0 Å². The summed E-state index contributed by atoms with van der Waals surface area (Å²) in [5, 5.41) is 24.6. The van der Waals surface area contributed by atoms with E-state index in [9.17, 15) is 15.0 Å². The SMILES string of the molecule is CCc1c(C(=O)O)c(CC(C)CCCC(C)(C)O)nn1-c1ccc(C(C)(C)C)cc1. The molecule has 0 aliphatic carbocycles. The molecule has 166 valence electrons. The molecule has 2 rings (SSSR count). The van der Waals surface area contributed by atoms with E-state index in [4.69, 9.17) is 5.10 Å². The monoisotopic (exact) mass is 414 g/mol. The number of nitrogens with zero attached hydrogens (tertiary/aromatic N) is 2. The van der Waals surface area contributed by atoms with Crippen molar-refractivity contribution in [1.29, 1.82) is 0 Å². The zero-order valence-electron chi connectivity index (χ0n) is 19.6. The second-order valence-electron chi connectivity index (χ2n) is 10.1. The van der Waals surface area contributed by atoms with Gasteiger partial charge in [0.15, 0.2) is 0 Å². The van der Waals surface area contributed by atoms with Gasteiger partial charge in [0.1, 0.15) is 5.56 Å². The highest BCUT2D eigenvalue weighted by Crippen LogP contribution is 2.27. The lowest BCUT2D eigenvalue weighted by Gasteiger charge is -2.19. The molecular weight excluding hydrogens is 376 g/mol. The lowest BCUT2D eigenvalue weighted by Crippen LogP contribution is -2.18. The first-order chi connectivity index (χ1) is 13.8. The van der Waals surface area contributed by atoms with E-state index in [2.05, 4.69) is 39.8 Å². The minimum Gasteiger partial charge on any atom is -0.478 e. The van der Waals surface area contributed by atoms with Crippen molar-refractivity contribution < 1.29 is 15.0 Å². The van der Waals surface area contributed by atoms with Crippen LogP contribution < -0.4 is 0 Å². The number of hydrogen-bond donors (Lipinski definition) is 2. The molecule has 1 aromatic carbocycles. The highest BCUT2D eigenvalue weighted by Gasteiger charge is 2.25. The van der Waals surface area contributed by atoms with Crippen LogP contribution >= 0.6 is 0 Å². The van der Waals surface area contributed by atoms with E-state index in [0.717, 1.165) is 30.6 Å². The quantitative estimate of drug-likeness (QED) is 0.564. The number of aromatic carboxylic acids is 1. The molecular formula is C25H38N2O3. The van der Waals surface area contributed by atoms with Gasteiger partial charge in [0.05, 0.1) is 22.7 Å². The van der Waals surface area contributed by atoms with Crippen molar-refractivity contribution in [3.05, 3.63) is 46.8 Å². The minimum atomic E-state index is -0.914. The van der Waals surface area contributed by atoms with Crippen LogP contribution in [-0.2, 0) is 18.3 Å². The zero-order valence-corrected chi connectivity index (χ0v) is 19.6. The third-order valence-corrected chi connectivity index (χ3v) is 5.61. The molecule has 2 N–H and O–H groups in total. The molecule has 0 radical (unpaired) electrons. The number of hydrogen-bond acceptors (Lipinski definition) is 3. The third-order valence-electron chi connectivity index (χ3n) is 5.61. The first-order valence-electron chi connectivity index (χ1n) is 11.0. The summed E-state index contributed by atoms with van der Waals surface area (Å²) in [6, 6.07) is 8.23. The van der Waals surface area contributed by atoms with Gasteiger partial charge in [0, 0.05) is 0 Å². The second kappa shape index (κ2) is 9.34. The molecule has 2 aromatic rings. The molecule has 0 fully saturated rings. The molecule has 0 spiro atoms. The average molecular weight is 415 g/mol. The predicted molar refractivity (Wildman–Crippen MR) is 122 cm³/mol. The van der Waals surface area contributed by atoms with Gasteiger partial charge in [0.2, 0.25) is 0 Å². The van der Waals surface area contributed by atoms with Crippen molar-refractivity contribution in [2.75, 3.05) is 0 Å². The number of rotatable bonds is 9. The molecule has 0 bridgehead atoms. The van der Waals surface area contributed by atoms with Gasteiger partial charge in [-0.2, -0.15) is 5.10 Å². The zero-order chi connectivity index (χ0) is 22.7. The smallest absolute Gasteiger partial charge is 0.339 e. The summed E-state index contributed by atoms with van der Waals surface area (Å²) in [4.78, 5) is 12.1. The number of benzene rings is 1. The van der Waals surface area contributed by atoms with E-state index in [-0.39, 0.29) is 5.41 Å². The standard InChI is InChI=1S/C25H38N2O3/c1-8-21-22(23(28)29)20(16-17(2)10-9-15-25(6,7)30)26-27(21)19-13-11-18(12-14-19)24(3,4)5/h11-14,17,30H,8-10,15-16H2,1-7H3,(H,28,29). The molecule has 0 saturated carbocycles. The lowest BCUT2D eigenvalue weighted by atomic mass is 9.87. The van der Waals surface area contributed by atoms with Crippen molar-refractivity contribution >= 4 is 5.97 Å². The van der Waals surface area contributed by atoms with E-state index in [1.807, 2.05) is 32.9 Å². The summed E-state index contributed by atoms with van der Waals surface area (Å²) in [6.45, 7) is 14.3. The second-order valence-corrected chi connectivity index (χ2v) is 10.1. The third kappa shape index (κ3) is 6.18. The molecule has 5 nitrogen and oxygen atoms in total. The van der Waals surface area contributed by atoms with Crippen LogP contribution in [0.15, 0.2) is 24.3 Å². The van der Waals surface area contributed by atoms with Crippen LogP contribution in [0.3, 0.4) is 0 Å². The summed E-state index contributed by atoms with van der Waals surface area (Å²) in [5.41, 5.74) is 3.25. The summed E-state index contributed by atoms with van der Waals surface area (Å²) in [6.07, 6.45) is 3.79. The number of carboxylic acids is 1. The summed E-state index contributed by atoms with van der Waals surface area (Å²) < 4.78 is 1.80. The molecule has 0 aliphatic heterocycles. The Kier molecular flexibility index (Phi) is 7.51. The van der Waals surface area contributed by atoms with Crippen LogP contribution in [0.1, 0.15) is 95.0 Å². The van der Waals surface area contributed by atoms with Crippen molar-refractivity contribution in [3.8, 4) is 5.69 Å². The van der Waals surface area contributed by atoms with E-state index < -0.39 is 11.6 Å². The fraction of sp³-hybridized carbons (Fsp3) is 0.600. The van der Waals surface area contributed by atoms with Crippen molar-refractivity contribution in [2.24, 2.45) is 5.92 Å². The maximum atomic E-state index is 12.1. The van der Waals surface area contributed by atoms with Crippen LogP contribution in [0, 0.1) is 5.92 Å². The van der Waals surface area contributed by atoms with Gasteiger partial charge in [-0.05, 0) is 62.1 Å². The van der Waals surface area contributed by atoms with Crippen molar-refractivity contribution in [2.45, 2.75) is 91.6 Å². The minimum absolute atomic E-state index is 0.0617. The predicted octanol–water partition coefficient (Wildman–Crippen LogP) is 5.55. The van der Waals surface area contributed by atoms with Crippen molar-refractivity contribution in [1.82, 2.24) is 9.78 Å². The fourth-order valence-electron chi connectivity index (χ4n) is 3.85. The Morgan fingerprint density at radius 3 is 2.20 bits per heavy atom. The van der Waals surface area contributed by atoms with E-state index in [1.54, 1.807) is 4.68 Å². The Labute approximate surface area is 181 Å². The molecule has 1 aromatic heterocycles. The topological polar surface area (TPSA) is 75.3 Å². The fourth-order valence-corrected chi connectivity index (χ4v) is 3.85. The maximum Gasteiger partial charge on any atom is 0.339 e. The van der Waals surface area contributed by atoms with E-state index >= 15 is 0 Å². The van der Waals surface area contributed by atoms with E-state index in [1.165, 1.54) is 5.56 Å². The van der Waals surface area contributed by atoms with Crippen LogP contribution in [0.5, 0.6) is 0 Å². The number of carboxylic acid groups (broad SMARTS) is 1. The highest BCUT2D eigenvalue weighted by atomic mass is 16.4. The average Bonchev–Trinajstić information content (AvgIpc) is 2.98. The van der Waals surface area contributed by atoms with Crippen LogP contribution in [0.4, 0.5) is 0 Å². The Morgan fingerprint density at radius 1 is 1.13 bits per heavy atom. The maximum absolute atomic E-state index is 12.1. The van der Waals surface area contributed by atoms with Gasteiger partial charge in [-0.15, -0.1) is 0 Å². The van der Waals surface area contributed by atoms with E-state index in [0.29, 0.717) is 30.0 Å². The van der Waals surface area contributed by atoms with Crippen LogP contribution in [-0.4, -0.2) is 31.6 Å². The molecule has 0 aliphatic rings. The summed E-state index contributed by atoms with van der Waals surface area (Å²) in [5.74, 6) is -0.620. The Morgan fingerprint density at radius 2 is 1.73 bits per heavy atom. The first kappa shape index (κ1) is 24.1. The Bertz CT molecular complexity index is 852. The highest BCUT2D eigenvalue weighted by molar-refractivity contribution is 5.90. The van der Waals surface area contributed by atoms with Crippen LogP contribution in [0.2, 0.25) is 0 Å². The summed E-state index contributed by atoms with van der Waals surface area (Å²) >= 11 is 0. The normalized spacial score (nSPS) is 13.5. The Balaban J connectivity index is 2.32. The number of aromatic nitrogens is 2. The van der Waals surface area contributed by atoms with Gasteiger partial charge in [-0.1, -0.05) is 59.6 Å². The first-order valence-corrected chi connectivity index (χ1v) is 11.0. The largest absolute Gasteiger partial charge is 0.478 e. The molecule has 0 amide bonds. The number of carbonyl (C=O) groups is 1. The molecule has 30 heavy (non-hydrogen) atoms. The molecule has 1 atom stereocenters. The van der Waals surface area contributed by atoms with Crippen molar-refractivity contribution in [3.63, 3.8) is 0 Å². The van der Waals surface area contributed by atoms with Gasteiger partial charge in [-0.25, -0.2) is 9.48 Å². The number of aliphatic hydroxyl groups is 1.